The molecule has 7 heteroatoms. The summed E-state index contributed by atoms with van der Waals surface area (Å²) in [5, 5.41) is 16.9. The Morgan fingerprint density at radius 1 is 1.52 bits per heavy atom. The van der Waals surface area contributed by atoms with E-state index in [1.165, 1.54) is 18.2 Å². The van der Waals surface area contributed by atoms with Gasteiger partial charge in [0.15, 0.2) is 0 Å². The zero-order valence-electron chi connectivity index (χ0n) is 12.1. The van der Waals surface area contributed by atoms with Crippen LogP contribution in [0, 0.1) is 10.1 Å². The molecule has 2 atom stereocenters. The van der Waals surface area contributed by atoms with Gasteiger partial charge in [-0.25, -0.2) is 0 Å². The van der Waals surface area contributed by atoms with Crippen LogP contribution in [0.3, 0.4) is 0 Å². The normalized spacial score (nSPS) is 21.0. The number of nitrogens with one attached hydrogen (secondary N) is 2. The Bertz CT molecular complexity index is 547. The molecule has 2 N–H and O–H groups in total. The number of nitro benzene ring substituents is 1. The van der Waals surface area contributed by atoms with Crippen molar-refractivity contribution in [3.63, 3.8) is 0 Å². The molecular formula is C14H19N3O4. The molecule has 1 aromatic carbocycles. The van der Waals surface area contributed by atoms with Crippen molar-refractivity contribution in [3.8, 4) is 0 Å². The number of nitrogens with zero attached hydrogens (tertiary/aromatic N) is 1. The van der Waals surface area contributed by atoms with Gasteiger partial charge in [0.05, 0.1) is 17.1 Å². The topological polar surface area (TPSA) is 93.5 Å². The lowest BCUT2D eigenvalue weighted by molar-refractivity contribution is -0.384. The number of amides is 1. The van der Waals surface area contributed by atoms with Gasteiger partial charge in [-0.15, -0.1) is 0 Å². The lowest BCUT2D eigenvalue weighted by Crippen LogP contribution is -2.27. The predicted octanol–water partition coefficient (Wildman–Crippen LogP) is 1.93. The zero-order valence-corrected chi connectivity index (χ0v) is 12.1. The molecule has 1 fully saturated rings. The largest absolute Gasteiger partial charge is 0.376 e. The first kappa shape index (κ1) is 15.2. The van der Waals surface area contributed by atoms with Gasteiger partial charge in [-0.1, -0.05) is 0 Å². The van der Waals surface area contributed by atoms with Crippen LogP contribution < -0.4 is 10.6 Å². The number of hydrogen-bond donors (Lipinski definition) is 2. The minimum absolute atomic E-state index is 0.00758. The van der Waals surface area contributed by atoms with Gasteiger partial charge in [-0.2, -0.15) is 0 Å². The molecule has 1 amide bonds. The van der Waals surface area contributed by atoms with Crippen LogP contribution >= 0.6 is 0 Å². The molecule has 0 radical (unpaired) electrons. The van der Waals surface area contributed by atoms with Gasteiger partial charge in [-0.3, -0.25) is 14.9 Å². The van der Waals surface area contributed by atoms with Crippen molar-refractivity contribution in [1.82, 2.24) is 5.32 Å². The molecule has 0 saturated carbocycles. The van der Waals surface area contributed by atoms with E-state index in [-0.39, 0.29) is 23.7 Å². The molecule has 1 saturated heterocycles. The molecule has 0 aromatic heterocycles. The maximum Gasteiger partial charge on any atom is 0.292 e. The number of benzene rings is 1. The molecule has 1 heterocycles. The fourth-order valence-electron chi connectivity index (χ4n) is 2.34. The van der Waals surface area contributed by atoms with Crippen molar-refractivity contribution < 1.29 is 14.5 Å². The Morgan fingerprint density at radius 3 is 2.86 bits per heavy atom. The summed E-state index contributed by atoms with van der Waals surface area (Å²) in [6.07, 6.45) is 0.765. The standard InChI is InChI=1S/C14H19N3O4/c1-3-15-14(18)10-4-5-13(17(19)20)12(8-10)16-11-6-7-21-9(11)2/h4-5,8-9,11,16H,3,6-7H2,1-2H3,(H,15,18). The first-order valence-corrected chi connectivity index (χ1v) is 6.97. The van der Waals surface area contributed by atoms with Gasteiger partial charge >= 0.3 is 0 Å². The first-order valence-electron chi connectivity index (χ1n) is 6.97. The van der Waals surface area contributed by atoms with E-state index in [1.807, 2.05) is 13.8 Å². The third-order valence-electron chi connectivity index (χ3n) is 3.51. The second-order valence-corrected chi connectivity index (χ2v) is 4.96. The summed E-state index contributed by atoms with van der Waals surface area (Å²) in [6.45, 7) is 4.87. The Hall–Kier alpha value is -2.15. The van der Waals surface area contributed by atoms with Crippen molar-refractivity contribution >= 4 is 17.3 Å². The van der Waals surface area contributed by atoms with Gasteiger partial charge in [0.25, 0.3) is 11.6 Å². The molecule has 2 unspecified atom stereocenters. The molecule has 114 valence electrons. The maximum absolute atomic E-state index is 11.8. The fourth-order valence-corrected chi connectivity index (χ4v) is 2.34. The average molecular weight is 293 g/mol. The molecule has 1 aromatic rings. The first-order chi connectivity index (χ1) is 10.0. The van der Waals surface area contributed by atoms with E-state index in [4.69, 9.17) is 4.74 Å². The highest BCUT2D eigenvalue weighted by Gasteiger charge is 2.27. The van der Waals surface area contributed by atoms with Gasteiger partial charge in [0.2, 0.25) is 0 Å². The van der Waals surface area contributed by atoms with Crippen molar-refractivity contribution in [2.75, 3.05) is 18.5 Å². The zero-order chi connectivity index (χ0) is 15.4. The van der Waals surface area contributed by atoms with Crippen molar-refractivity contribution in [1.29, 1.82) is 0 Å². The number of carbonyl (C=O) groups is 1. The van der Waals surface area contributed by atoms with Gasteiger partial charge in [0, 0.05) is 24.8 Å². The molecule has 7 nitrogen and oxygen atoms in total. The minimum atomic E-state index is -0.454. The Kier molecular flexibility index (Phi) is 4.74. The molecule has 2 rings (SSSR count). The van der Waals surface area contributed by atoms with Crippen LogP contribution in [0.1, 0.15) is 30.6 Å². The average Bonchev–Trinajstić information content (AvgIpc) is 2.84. The quantitative estimate of drug-likeness (QED) is 0.639. The Balaban J connectivity index is 2.28. The molecule has 1 aliphatic heterocycles. The number of carbonyl (C=O) groups excluding carboxylic acids is 1. The Labute approximate surface area is 122 Å². The maximum atomic E-state index is 11.8. The van der Waals surface area contributed by atoms with E-state index >= 15 is 0 Å². The van der Waals surface area contributed by atoms with E-state index in [0.717, 1.165) is 6.42 Å². The second kappa shape index (κ2) is 6.53. The summed E-state index contributed by atoms with van der Waals surface area (Å²) in [5.74, 6) is -0.244. The molecule has 0 bridgehead atoms. The number of ether oxygens (including phenoxy) is 1. The highest BCUT2D eigenvalue weighted by molar-refractivity contribution is 5.95. The van der Waals surface area contributed by atoms with Crippen LogP contribution in [-0.4, -0.2) is 36.1 Å². The molecule has 0 spiro atoms. The summed E-state index contributed by atoms with van der Waals surface area (Å²) in [6, 6.07) is 4.35. The van der Waals surface area contributed by atoms with Gasteiger partial charge in [0.1, 0.15) is 5.69 Å². The summed E-state index contributed by atoms with van der Waals surface area (Å²) in [4.78, 5) is 22.5. The van der Waals surface area contributed by atoms with Crippen molar-refractivity contribution in [2.45, 2.75) is 32.4 Å². The molecule has 1 aliphatic rings. The highest BCUT2D eigenvalue weighted by atomic mass is 16.6. The monoisotopic (exact) mass is 293 g/mol. The number of hydrogen-bond acceptors (Lipinski definition) is 5. The molecule has 0 aliphatic carbocycles. The van der Waals surface area contributed by atoms with Crippen LogP contribution in [0.15, 0.2) is 18.2 Å². The smallest absolute Gasteiger partial charge is 0.292 e. The van der Waals surface area contributed by atoms with E-state index in [9.17, 15) is 14.9 Å². The van der Waals surface area contributed by atoms with Crippen LogP contribution in [0.2, 0.25) is 0 Å². The lowest BCUT2D eigenvalue weighted by atomic mass is 10.1. The van der Waals surface area contributed by atoms with Gasteiger partial charge < -0.3 is 15.4 Å². The van der Waals surface area contributed by atoms with E-state index < -0.39 is 4.92 Å². The molecule has 21 heavy (non-hydrogen) atoms. The summed E-state index contributed by atoms with van der Waals surface area (Å²) < 4.78 is 5.44. The van der Waals surface area contributed by atoms with E-state index in [2.05, 4.69) is 10.6 Å². The highest BCUT2D eigenvalue weighted by Crippen LogP contribution is 2.28. The van der Waals surface area contributed by atoms with Crippen LogP contribution in [0.25, 0.3) is 0 Å². The SMILES string of the molecule is CCNC(=O)c1ccc([N+](=O)[O-])c(NC2CCOC2C)c1. The van der Waals surface area contributed by atoms with E-state index in [0.29, 0.717) is 24.4 Å². The van der Waals surface area contributed by atoms with E-state index in [1.54, 1.807) is 0 Å². The Morgan fingerprint density at radius 2 is 2.29 bits per heavy atom. The van der Waals surface area contributed by atoms with Crippen LogP contribution in [0.5, 0.6) is 0 Å². The fraction of sp³-hybridized carbons (Fsp3) is 0.500. The lowest BCUT2D eigenvalue weighted by Gasteiger charge is -2.17. The number of anilines is 1. The predicted molar refractivity (Wildman–Crippen MR) is 78.5 cm³/mol. The van der Waals surface area contributed by atoms with Crippen molar-refractivity contribution in [3.05, 3.63) is 33.9 Å². The van der Waals surface area contributed by atoms with Crippen molar-refractivity contribution in [2.24, 2.45) is 0 Å². The number of rotatable bonds is 5. The van der Waals surface area contributed by atoms with Gasteiger partial charge in [-0.05, 0) is 32.4 Å². The summed E-state index contributed by atoms with van der Waals surface area (Å²) in [5.41, 5.74) is 0.713. The van der Waals surface area contributed by atoms with Crippen LogP contribution in [-0.2, 0) is 4.74 Å². The second-order valence-electron chi connectivity index (χ2n) is 4.96. The minimum Gasteiger partial charge on any atom is -0.376 e. The molecular weight excluding hydrogens is 274 g/mol. The summed E-state index contributed by atoms with van der Waals surface area (Å²) in [7, 11) is 0. The summed E-state index contributed by atoms with van der Waals surface area (Å²) >= 11 is 0. The van der Waals surface area contributed by atoms with Crippen LogP contribution in [0.4, 0.5) is 11.4 Å². The third-order valence-corrected chi connectivity index (χ3v) is 3.51. The number of nitro groups is 1. The third kappa shape index (κ3) is 3.49.